The molecule has 1 N–H and O–H groups in total. The van der Waals surface area contributed by atoms with Crippen LogP contribution in [-0.2, 0) is 0 Å². The smallest absolute Gasteiger partial charge is 0.0412 e. The van der Waals surface area contributed by atoms with Crippen molar-refractivity contribution in [3.05, 3.63) is 22.4 Å². The molecule has 14 heavy (non-hydrogen) atoms. The van der Waals surface area contributed by atoms with Crippen molar-refractivity contribution in [1.29, 1.82) is 0 Å². The van der Waals surface area contributed by atoms with Crippen molar-refractivity contribution >= 4 is 23.1 Å². The first-order valence-corrected chi connectivity index (χ1v) is 7.24. The molecule has 0 spiro atoms. The van der Waals surface area contributed by atoms with Gasteiger partial charge in [-0.25, -0.2) is 0 Å². The monoisotopic (exact) mass is 229 g/mol. The van der Waals surface area contributed by atoms with Crippen molar-refractivity contribution in [3.8, 4) is 0 Å². The zero-order valence-electron chi connectivity index (χ0n) is 9.12. The molecule has 0 amide bonds. The molecule has 1 aromatic heterocycles. The maximum absolute atomic E-state index is 3.61. The highest BCUT2D eigenvalue weighted by Crippen LogP contribution is 2.21. The highest BCUT2D eigenvalue weighted by atomic mass is 32.2. The fourth-order valence-corrected chi connectivity index (χ4v) is 2.48. The first-order valence-electron chi connectivity index (χ1n) is 5.07. The molecule has 1 nitrogen and oxygen atoms in total. The number of rotatable bonds is 6. The molecule has 80 valence electrons. The fraction of sp³-hybridized carbons (Fsp3) is 0.636. The Morgan fingerprint density at radius 2 is 2.36 bits per heavy atom. The summed E-state index contributed by atoms with van der Waals surface area (Å²) in [5, 5.41) is 6.46. The van der Waals surface area contributed by atoms with E-state index in [1.807, 2.05) is 23.1 Å². The summed E-state index contributed by atoms with van der Waals surface area (Å²) in [6, 6.07) is 4.89. The third-order valence-corrected chi connectivity index (χ3v) is 4.31. The van der Waals surface area contributed by atoms with Crippen LogP contribution in [0.5, 0.6) is 0 Å². The second-order valence-electron chi connectivity index (χ2n) is 3.43. The Hall–Kier alpha value is 0.01000. The predicted molar refractivity (Wildman–Crippen MR) is 68.3 cm³/mol. The highest BCUT2D eigenvalue weighted by Gasteiger charge is 2.10. The topological polar surface area (TPSA) is 12.0 Å². The average molecular weight is 229 g/mol. The van der Waals surface area contributed by atoms with Crippen LogP contribution in [0.1, 0.15) is 31.2 Å². The summed E-state index contributed by atoms with van der Waals surface area (Å²) in [6.45, 7) is 5.59. The molecule has 0 aliphatic carbocycles. The van der Waals surface area contributed by atoms with Crippen molar-refractivity contribution in [2.24, 2.45) is 0 Å². The maximum atomic E-state index is 3.61. The normalized spacial score (nSPS) is 15.4. The first kappa shape index (κ1) is 12.1. The van der Waals surface area contributed by atoms with Gasteiger partial charge in [0.1, 0.15) is 0 Å². The molecule has 0 fully saturated rings. The molecule has 0 aliphatic heterocycles. The van der Waals surface area contributed by atoms with Crippen molar-refractivity contribution in [3.63, 3.8) is 0 Å². The largest absolute Gasteiger partial charge is 0.308 e. The minimum atomic E-state index is 0.546. The average Bonchev–Trinajstić information content (AvgIpc) is 2.72. The molecule has 0 bridgehead atoms. The van der Waals surface area contributed by atoms with Gasteiger partial charge in [0.05, 0.1) is 0 Å². The summed E-state index contributed by atoms with van der Waals surface area (Å²) in [4.78, 5) is 1.46. The van der Waals surface area contributed by atoms with Gasteiger partial charge < -0.3 is 5.32 Å². The molecular formula is C11H19NS2. The van der Waals surface area contributed by atoms with E-state index in [0.29, 0.717) is 11.3 Å². The maximum Gasteiger partial charge on any atom is 0.0412 e. The molecule has 0 aliphatic rings. The Bertz CT molecular complexity index is 233. The standard InChI is InChI=1S/C11H19NS2/c1-4-10(11-6-5-7-14-11)12-8-9(2)13-3/h5-7,9-10,12H,4,8H2,1-3H3. The van der Waals surface area contributed by atoms with E-state index in [-0.39, 0.29) is 0 Å². The number of hydrogen-bond acceptors (Lipinski definition) is 3. The van der Waals surface area contributed by atoms with Crippen LogP contribution in [0.15, 0.2) is 17.5 Å². The van der Waals surface area contributed by atoms with Crippen LogP contribution in [0, 0.1) is 0 Å². The van der Waals surface area contributed by atoms with E-state index in [4.69, 9.17) is 0 Å². The molecule has 0 aromatic carbocycles. The van der Waals surface area contributed by atoms with Crippen molar-refractivity contribution in [1.82, 2.24) is 5.32 Å². The second-order valence-corrected chi connectivity index (χ2v) is 5.69. The molecule has 0 radical (unpaired) electrons. The molecule has 0 saturated carbocycles. The van der Waals surface area contributed by atoms with E-state index in [0.717, 1.165) is 6.54 Å². The molecule has 0 saturated heterocycles. The molecule has 1 rings (SSSR count). The fourth-order valence-electron chi connectivity index (χ4n) is 1.33. The van der Waals surface area contributed by atoms with Gasteiger partial charge in [-0.15, -0.1) is 11.3 Å². The minimum Gasteiger partial charge on any atom is -0.308 e. The van der Waals surface area contributed by atoms with E-state index in [1.54, 1.807) is 0 Å². The summed E-state index contributed by atoms with van der Waals surface area (Å²) < 4.78 is 0. The number of hydrogen-bond donors (Lipinski definition) is 1. The number of nitrogens with one attached hydrogen (secondary N) is 1. The Kier molecular flexibility index (Phi) is 5.60. The first-order chi connectivity index (χ1) is 6.77. The van der Waals surface area contributed by atoms with Gasteiger partial charge >= 0.3 is 0 Å². The lowest BCUT2D eigenvalue weighted by molar-refractivity contribution is 0.530. The van der Waals surface area contributed by atoms with E-state index >= 15 is 0 Å². The molecule has 2 unspecified atom stereocenters. The van der Waals surface area contributed by atoms with Gasteiger partial charge in [0.2, 0.25) is 0 Å². The van der Waals surface area contributed by atoms with E-state index < -0.39 is 0 Å². The van der Waals surface area contributed by atoms with Gasteiger partial charge in [0.25, 0.3) is 0 Å². The summed E-state index contributed by atoms with van der Waals surface area (Å²) in [7, 11) is 0. The molecule has 1 heterocycles. The van der Waals surface area contributed by atoms with Gasteiger partial charge in [-0.3, -0.25) is 0 Å². The third kappa shape index (κ3) is 3.64. The zero-order chi connectivity index (χ0) is 10.4. The van der Waals surface area contributed by atoms with Crippen molar-refractivity contribution < 1.29 is 0 Å². The van der Waals surface area contributed by atoms with Crippen LogP contribution < -0.4 is 5.32 Å². The molecule has 2 atom stereocenters. The Balaban J connectivity index is 2.40. The van der Waals surface area contributed by atoms with E-state index in [9.17, 15) is 0 Å². The van der Waals surface area contributed by atoms with E-state index in [1.165, 1.54) is 11.3 Å². The lowest BCUT2D eigenvalue weighted by Crippen LogP contribution is -2.26. The van der Waals surface area contributed by atoms with Crippen molar-refractivity contribution in [2.45, 2.75) is 31.6 Å². The highest BCUT2D eigenvalue weighted by molar-refractivity contribution is 7.99. The van der Waals surface area contributed by atoms with Crippen LogP contribution in [0.3, 0.4) is 0 Å². The summed E-state index contributed by atoms with van der Waals surface area (Å²) >= 11 is 3.76. The molecule has 1 aromatic rings. The SMILES string of the molecule is CCC(NCC(C)SC)c1cccs1. The van der Waals surface area contributed by atoms with Crippen molar-refractivity contribution in [2.75, 3.05) is 12.8 Å². The van der Waals surface area contributed by atoms with Crippen LogP contribution in [-0.4, -0.2) is 18.1 Å². The lowest BCUT2D eigenvalue weighted by Gasteiger charge is -2.17. The lowest BCUT2D eigenvalue weighted by atomic mass is 10.2. The van der Waals surface area contributed by atoms with Gasteiger partial charge in [-0.1, -0.05) is 19.9 Å². The quantitative estimate of drug-likeness (QED) is 0.801. The van der Waals surface area contributed by atoms with Crippen LogP contribution in [0.25, 0.3) is 0 Å². The molecule has 3 heteroatoms. The van der Waals surface area contributed by atoms with Crippen LogP contribution in [0.2, 0.25) is 0 Å². The Labute approximate surface area is 95.3 Å². The van der Waals surface area contributed by atoms with Gasteiger partial charge in [-0.05, 0) is 24.1 Å². The summed E-state index contributed by atoms with van der Waals surface area (Å²) in [6.07, 6.45) is 3.33. The van der Waals surface area contributed by atoms with Crippen LogP contribution in [0.4, 0.5) is 0 Å². The van der Waals surface area contributed by atoms with Gasteiger partial charge in [0.15, 0.2) is 0 Å². The summed E-state index contributed by atoms with van der Waals surface area (Å²) in [5.41, 5.74) is 0. The van der Waals surface area contributed by atoms with E-state index in [2.05, 4.69) is 42.9 Å². The number of thiophene rings is 1. The number of thioether (sulfide) groups is 1. The minimum absolute atomic E-state index is 0.546. The third-order valence-electron chi connectivity index (χ3n) is 2.35. The zero-order valence-corrected chi connectivity index (χ0v) is 10.8. The predicted octanol–water partition coefficient (Wildman–Crippen LogP) is 3.54. The second kappa shape index (κ2) is 6.49. The van der Waals surface area contributed by atoms with Gasteiger partial charge in [0, 0.05) is 22.7 Å². The van der Waals surface area contributed by atoms with Crippen LogP contribution >= 0.6 is 23.1 Å². The molecular weight excluding hydrogens is 210 g/mol. The van der Waals surface area contributed by atoms with Gasteiger partial charge in [-0.2, -0.15) is 11.8 Å². The summed E-state index contributed by atoms with van der Waals surface area (Å²) in [5.74, 6) is 0. The Morgan fingerprint density at radius 3 is 2.86 bits per heavy atom. The Morgan fingerprint density at radius 1 is 1.57 bits per heavy atom.